The van der Waals surface area contributed by atoms with E-state index >= 15 is 0 Å². The quantitative estimate of drug-likeness (QED) is 0.932. The lowest BCUT2D eigenvalue weighted by atomic mass is 10.2. The summed E-state index contributed by atoms with van der Waals surface area (Å²) in [7, 11) is 1.82. The minimum absolute atomic E-state index is 0.118. The lowest BCUT2D eigenvalue weighted by Crippen LogP contribution is -2.12. The molecule has 0 aliphatic carbocycles. The number of hydrogen-bond donors (Lipinski definition) is 1. The van der Waals surface area contributed by atoms with Crippen molar-refractivity contribution in [3.8, 4) is 5.75 Å². The summed E-state index contributed by atoms with van der Waals surface area (Å²) < 4.78 is 7.22. The van der Waals surface area contributed by atoms with Gasteiger partial charge in [0.05, 0.1) is 17.5 Å². The predicted molar refractivity (Wildman–Crippen MR) is 78.1 cm³/mol. The molecule has 0 unspecified atom stereocenters. The lowest BCUT2D eigenvalue weighted by Gasteiger charge is -2.10. The fourth-order valence-electron chi connectivity index (χ4n) is 1.87. The molecule has 1 heterocycles. The number of aryl methyl sites for hydroxylation is 2. The topological polar surface area (TPSA) is 56.2 Å². The average Bonchev–Trinajstić information content (AvgIpc) is 2.68. The molecular formula is C15H19N3O2. The Morgan fingerprint density at radius 2 is 1.95 bits per heavy atom. The summed E-state index contributed by atoms with van der Waals surface area (Å²) in [5.74, 6) is 0.603. The first kappa shape index (κ1) is 14.1. The zero-order valence-corrected chi connectivity index (χ0v) is 12.2. The summed E-state index contributed by atoms with van der Waals surface area (Å²) in [6, 6.07) is 7.09. The van der Waals surface area contributed by atoms with Crippen molar-refractivity contribution >= 4 is 11.6 Å². The van der Waals surface area contributed by atoms with Crippen LogP contribution in [0.1, 0.15) is 29.9 Å². The third kappa shape index (κ3) is 3.38. The lowest BCUT2D eigenvalue weighted by molar-refractivity contribution is 0.102. The number of nitrogens with one attached hydrogen (secondary N) is 1. The number of carbonyl (C=O) groups is 1. The number of benzene rings is 1. The Morgan fingerprint density at radius 1 is 1.30 bits per heavy atom. The summed E-state index contributed by atoms with van der Waals surface area (Å²) >= 11 is 0. The first-order valence-electron chi connectivity index (χ1n) is 6.54. The molecule has 2 aromatic rings. The molecule has 1 amide bonds. The maximum atomic E-state index is 12.1. The molecule has 20 heavy (non-hydrogen) atoms. The Labute approximate surface area is 118 Å². The average molecular weight is 273 g/mol. The van der Waals surface area contributed by atoms with Gasteiger partial charge in [0.2, 0.25) is 0 Å². The van der Waals surface area contributed by atoms with Crippen LogP contribution in [0, 0.1) is 6.92 Å². The zero-order chi connectivity index (χ0) is 14.7. The highest BCUT2D eigenvalue weighted by atomic mass is 16.5. The molecular weight excluding hydrogens is 254 g/mol. The number of amides is 1. The van der Waals surface area contributed by atoms with Gasteiger partial charge in [0.15, 0.2) is 0 Å². The summed E-state index contributed by atoms with van der Waals surface area (Å²) in [5.41, 5.74) is 2.10. The Morgan fingerprint density at radius 3 is 2.45 bits per heavy atom. The first-order valence-corrected chi connectivity index (χ1v) is 6.54. The number of carbonyl (C=O) groups excluding carboxylic acids is 1. The highest BCUT2D eigenvalue weighted by Crippen LogP contribution is 2.16. The normalized spacial score (nSPS) is 10.7. The van der Waals surface area contributed by atoms with Gasteiger partial charge in [0.25, 0.3) is 5.91 Å². The molecule has 0 aliphatic rings. The number of rotatable bonds is 4. The van der Waals surface area contributed by atoms with Gasteiger partial charge in [-0.15, -0.1) is 0 Å². The largest absolute Gasteiger partial charge is 0.491 e. The van der Waals surface area contributed by atoms with Crippen molar-refractivity contribution in [3.63, 3.8) is 0 Å². The Kier molecular flexibility index (Phi) is 4.08. The summed E-state index contributed by atoms with van der Waals surface area (Å²) in [5, 5.41) is 7.03. The second-order valence-corrected chi connectivity index (χ2v) is 4.95. The summed E-state index contributed by atoms with van der Waals surface area (Å²) in [6.07, 6.45) is 1.90. The van der Waals surface area contributed by atoms with Gasteiger partial charge < -0.3 is 10.1 Å². The van der Waals surface area contributed by atoms with E-state index in [2.05, 4.69) is 10.4 Å². The molecule has 1 aromatic heterocycles. The fraction of sp³-hybridized carbons (Fsp3) is 0.333. The maximum Gasteiger partial charge on any atom is 0.255 e. The minimum Gasteiger partial charge on any atom is -0.491 e. The number of hydrogen-bond acceptors (Lipinski definition) is 3. The van der Waals surface area contributed by atoms with Gasteiger partial charge in [0, 0.05) is 18.8 Å². The SMILES string of the molecule is Cc1nn(C)cc1NC(=O)c1ccc(OC(C)C)cc1. The van der Waals surface area contributed by atoms with Gasteiger partial charge in [-0.1, -0.05) is 0 Å². The van der Waals surface area contributed by atoms with Crippen molar-refractivity contribution in [2.24, 2.45) is 7.05 Å². The van der Waals surface area contributed by atoms with E-state index in [4.69, 9.17) is 4.74 Å². The molecule has 2 rings (SSSR count). The van der Waals surface area contributed by atoms with Crippen LogP contribution in [-0.4, -0.2) is 21.8 Å². The Balaban J connectivity index is 2.07. The van der Waals surface area contributed by atoms with Crippen molar-refractivity contribution in [2.75, 3.05) is 5.32 Å². The van der Waals surface area contributed by atoms with Crippen molar-refractivity contribution < 1.29 is 9.53 Å². The first-order chi connectivity index (χ1) is 9.45. The smallest absolute Gasteiger partial charge is 0.255 e. The van der Waals surface area contributed by atoms with Crippen LogP contribution in [-0.2, 0) is 7.05 Å². The van der Waals surface area contributed by atoms with Gasteiger partial charge in [-0.25, -0.2) is 0 Å². The second kappa shape index (κ2) is 5.77. The predicted octanol–water partition coefficient (Wildman–Crippen LogP) is 2.77. The molecule has 0 fully saturated rings. The van der Waals surface area contributed by atoms with Crippen LogP contribution in [0.25, 0.3) is 0 Å². The summed E-state index contributed by atoms with van der Waals surface area (Å²) in [4.78, 5) is 12.1. The highest BCUT2D eigenvalue weighted by Gasteiger charge is 2.10. The van der Waals surface area contributed by atoms with Gasteiger partial charge in [0.1, 0.15) is 5.75 Å². The molecule has 0 saturated heterocycles. The Bertz CT molecular complexity index is 600. The van der Waals surface area contributed by atoms with Crippen LogP contribution in [0.5, 0.6) is 5.75 Å². The molecule has 1 N–H and O–H groups in total. The van der Waals surface area contributed by atoms with Gasteiger partial charge in [-0.2, -0.15) is 5.10 Å². The van der Waals surface area contributed by atoms with E-state index in [9.17, 15) is 4.79 Å². The third-order valence-corrected chi connectivity index (χ3v) is 2.75. The van der Waals surface area contributed by atoms with Crippen molar-refractivity contribution in [3.05, 3.63) is 41.7 Å². The molecule has 0 saturated carbocycles. The van der Waals surface area contributed by atoms with Gasteiger partial charge in [-0.3, -0.25) is 9.48 Å². The summed E-state index contributed by atoms with van der Waals surface area (Å²) in [6.45, 7) is 5.78. The van der Waals surface area contributed by atoms with E-state index < -0.39 is 0 Å². The van der Waals surface area contributed by atoms with Gasteiger partial charge in [-0.05, 0) is 45.0 Å². The molecule has 0 atom stereocenters. The molecule has 5 heteroatoms. The fourth-order valence-corrected chi connectivity index (χ4v) is 1.87. The van der Waals surface area contributed by atoms with Crippen molar-refractivity contribution in [2.45, 2.75) is 26.9 Å². The molecule has 0 bridgehead atoms. The van der Waals surface area contributed by atoms with Crippen LogP contribution < -0.4 is 10.1 Å². The van der Waals surface area contributed by atoms with Crippen LogP contribution in [0.3, 0.4) is 0 Å². The second-order valence-electron chi connectivity index (χ2n) is 4.95. The molecule has 0 spiro atoms. The molecule has 0 aliphatic heterocycles. The molecule has 0 radical (unpaired) electrons. The van der Waals surface area contributed by atoms with Crippen molar-refractivity contribution in [1.29, 1.82) is 0 Å². The van der Waals surface area contributed by atoms with E-state index in [1.54, 1.807) is 35.1 Å². The third-order valence-electron chi connectivity index (χ3n) is 2.75. The van der Waals surface area contributed by atoms with E-state index in [1.807, 2.05) is 27.8 Å². The van der Waals surface area contributed by atoms with Gasteiger partial charge >= 0.3 is 0 Å². The number of ether oxygens (including phenoxy) is 1. The zero-order valence-electron chi connectivity index (χ0n) is 12.2. The monoisotopic (exact) mass is 273 g/mol. The number of nitrogens with zero attached hydrogens (tertiary/aromatic N) is 2. The van der Waals surface area contributed by atoms with Crippen LogP contribution in [0.4, 0.5) is 5.69 Å². The van der Waals surface area contributed by atoms with Crippen LogP contribution in [0.2, 0.25) is 0 Å². The van der Waals surface area contributed by atoms with Crippen LogP contribution in [0.15, 0.2) is 30.5 Å². The minimum atomic E-state index is -0.155. The van der Waals surface area contributed by atoms with E-state index in [0.29, 0.717) is 5.56 Å². The molecule has 1 aromatic carbocycles. The Hall–Kier alpha value is -2.30. The standard InChI is InChI=1S/C15H19N3O2/c1-10(2)20-13-7-5-12(6-8-13)15(19)16-14-9-18(4)17-11(14)3/h5-10H,1-4H3,(H,16,19). The highest BCUT2D eigenvalue weighted by molar-refractivity contribution is 6.04. The van der Waals surface area contributed by atoms with E-state index in [-0.39, 0.29) is 12.0 Å². The number of aromatic nitrogens is 2. The van der Waals surface area contributed by atoms with Crippen LogP contribution >= 0.6 is 0 Å². The van der Waals surface area contributed by atoms with Crippen molar-refractivity contribution in [1.82, 2.24) is 9.78 Å². The molecule has 106 valence electrons. The van der Waals surface area contributed by atoms with E-state index in [0.717, 1.165) is 17.1 Å². The number of anilines is 1. The van der Waals surface area contributed by atoms with E-state index in [1.165, 1.54) is 0 Å². The molecule has 5 nitrogen and oxygen atoms in total. The maximum absolute atomic E-state index is 12.1.